The van der Waals surface area contributed by atoms with Crippen LogP contribution in [0.3, 0.4) is 0 Å². The molecule has 0 saturated heterocycles. The molecule has 1 heterocycles. The highest BCUT2D eigenvalue weighted by Crippen LogP contribution is 2.39. The smallest absolute Gasteiger partial charge is 0.339 e. The molecule has 5 aromatic rings. The molecule has 2 aliphatic rings. The molecule has 0 aliphatic heterocycles. The number of pyridine rings is 1. The normalized spacial score (nSPS) is 14.2. The standard InChI is InChI=1S/C35H25NO3/c37-32(25-15-14-24-19-23-10-4-5-11-27(23)30(24)20-25)21-39-35(38)33-28-12-6-7-13-31(28)36-34-26(16-17-29(33)34)18-22-8-2-1-3-9-22/h1-15,18,20H,16-17,19,21H2/b26-18+. The molecule has 0 spiro atoms. The molecule has 0 saturated carbocycles. The first-order chi connectivity index (χ1) is 19.2. The molecule has 0 N–H and O–H groups in total. The zero-order chi connectivity index (χ0) is 26.3. The maximum atomic E-state index is 13.5. The summed E-state index contributed by atoms with van der Waals surface area (Å²) in [7, 11) is 0. The van der Waals surface area contributed by atoms with Gasteiger partial charge in [-0.15, -0.1) is 0 Å². The van der Waals surface area contributed by atoms with Crippen LogP contribution in [0.4, 0.5) is 0 Å². The molecular formula is C35H25NO3. The van der Waals surface area contributed by atoms with Crippen LogP contribution >= 0.6 is 0 Å². The Labute approximate surface area is 226 Å². The molecule has 0 bridgehead atoms. The van der Waals surface area contributed by atoms with Gasteiger partial charge < -0.3 is 4.74 Å². The molecule has 4 aromatic carbocycles. The lowest BCUT2D eigenvalue weighted by Crippen LogP contribution is -2.16. The van der Waals surface area contributed by atoms with Gasteiger partial charge in [-0.3, -0.25) is 4.79 Å². The lowest BCUT2D eigenvalue weighted by molar-refractivity contribution is 0.0475. The van der Waals surface area contributed by atoms with Crippen molar-refractivity contribution in [3.8, 4) is 11.1 Å². The summed E-state index contributed by atoms with van der Waals surface area (Å²) in [6, 6.07) is 31.8. The lowest BCUT2D eigenvalue weighted by atomic mass is 10.0. The summed E-state index contributed by atoms with van der Waals surface area (Å²) in [5.41, 5.74) is 10.5. The van der Waals surface area contributed by atoms with Crippen LogP contribution in [-0.4, -0.2) is 23.3 Å². The number of aromatic nitrogens is 1. The van der Waals surface area contributed by atoms with Crippen molar-refractivity contribution in [1.82, 2.24) is 4.98 Å². The number of carbonyl (C=O) groups is 2. The minimum atomic E-state index is -0.481. The molecule has 188 valence electrons. The van der Waals surface area contributed by atoms with Crippen LogP contribution in [-0.2, 0) is 17.6 Å². The van der Waals surface area contributed by atoms with Gasteiger partial charge in [0.15, 0.2) is 12.4 Å². The van der Waals surface area contributed by atoms with Gasteiger partial charge in [0.25, 0.3) is 0 Å². The molecule has 0 radical (unpaired) electrons. The first-order valence-corrected chi connectivity index (χ1v) is 13.2. The van der Waals surface area contributed by atoms with E-state index in [9.17, 15) is 9.59 Å². The van der Waals surface area contributed by atoms with E-state index in [-0.39, 0.29) is 12.4 Å². The van der Waals surface area contributed by atoms with Crippen molar-refractivity contribution in [1.29, 1.82) is 0 Å². The van der Waals surface area contributed by atoms with Crippen molar-refractivity contribution >= 4 is 34.3 Å². The molecular weight excluding hydrogens is 482 g/mol. The second kappa shape index (κ2) is 9.48. The Hall–Kier alpha value is -4.83. The van der Waals surface area contributed by atoms with E-state index < -0.39 is 5.97 Å². The van der Waals surface area contributed by atoms with Crippen LogP contribution in [0.1, 0.15) is 55.1 Å². The third-order valence-corrected chi connectivity index (χ3v) is 7.74. The Bertz CT molecular complexity index is 1820. The molecule has 2 aliphatic carbocycles. The highest BCUT2D eigenvalue weighted by atomic mass is 16.5. The lowest BCUT2D eigenvalue weighted by Gasteiger charge is -2.12. The van der Waals surface area contributed by atoms with Crippen LogP contribution in [0, 0.1) is 0 Å². The Morgan fingerprint density at radius 3 is 2.46 bits per heavy atom. The molecule has 0 fully saturated rings. The maximum absolute atomic E-state index is 13.5. The van der Waals surface area contributed by atoms with Crippen molar-refractivity contribution in [3.63, 3.8) is 0 Å². The Kier molecular flexibility index (Phi) is 5.66. The van der Waals surface area contributed by atoms with Gasteiger partial charge >= 0.3 is 5.97 Å². The van der Waals surface area contributed by atoms with Gasteiger partial charge in [0.05, 0.1) is 16.8 Å². The summed E-state index contributed by atoms with van der Waals surface area (Å²) in [6.45, 7) is -0.308. The average molecular weight is 508 g/mol. The maximum Gasteiger partial charge on any atom is 0.339 e. The first kappa shape index (κ1) is 23.3. The van der Waals surface area contributed by atoms with Crippen molar-refractivity contribution in [3.05, 3.63) is 136 Å². The van der Waals surface area contributed by atoms with Gasteiger partial charge in [0.2, 0.25) is 0 Å². The van der Waals surface area contributed by atoms with E-state index in [0.717, 1.165) is 57.3 Å². The number of fused-ring (bicyclic) bond motifs is 5. The van der Waals surface area contributed by atoms with Crippen LogP contribution in [0.25, 0.3) is 33.7 Å². The predicted molar refractivity (Wildman–Crippen MR) is 154 cm³/mol. The summed E-state index contributed by atoms with van der Waals surface area (Å²) in [5.74, 6) is -0.694. The Balaban J connectivity index is 1.18. The molecule has 0 amide bonds. The molecule has 4 heteroatoms. The summed E-state index contributed by atoms with van der Waals surface area (Å²) in [5, 5.41) is 0.754. The number of para-hydroxylation sites is 1. The minimum Gasteiger partial charge on any atom is -0.454 e. The quantitative estimate of drug-likeness (QED) is 0.181. The number of nitrogens with zero attached hydrogens (tertiary/aromatic N) is 1. The highest BCUT2D eigenvalue weighted by molar-refractivity contribution is 6.08. The number of rotatable bonds is 5. The third-order valence-electron chi connectivity index (χ3n) is 7.74. The molecule has 39 heavy (non-hydrogen) atoms. The van der Waals surface area contributed by atoms with Crippen molar-refractivity contribution in [2.24, 2.45) is 0 Å². The van der Waals surface area contributed by atoms with Crippen LogP contribution in [0.2, 0.25) is 0 Å². The fourth-order valence-electron chi connectivity index (χ4n) is 5.85. The molecule has 0 unspecified atom stereocenters. The molecule has 0 atom stereocenters. The van der Waals surface area contributed by atoms with Gasteiger partial charge in [-0.2, -0.15) is 0 Å². The van der Waals surface area contributed by atoms with Gasteiger partial charge in [-0.05, 0) is 76.4 Å². The van der Waals surface area contributed by atoms with Gasteiger partial charge in [0.1, 0.15) is 0 Å². The van der Waals surface area contributed by atoms with Crippen LogP contribution < -0.4 is 0 Å². The third kappa shape index (κ3) is 4.15. The van der Waals surface area contributed by atoms with Crippen molar-refractivity contribution in [2.45, 2.75) is 19.3 Å². The zero-order valence-electron chi connectivity index (χ0n) is 21.3. The van der Waals surface area contributed by atoms with E-state index in [2.05, 4.69) is 30.3 Å². The van der Waals surface area contributed by atoms with Crippen molar-refractivity contribution in [2.75, 3.05) is 6.61 Å². The fraction of sp³-hybridized carbons (Fsp3) is 0.114. The zero-order valence-corrected chi connectivity index (χ0v) is 21.3. The van der Waals surface area contributed by atoms with E-state index in [1.54, 1.807) is 0 Å². The second-order valence-corrected chi connectivity index (χ2v) is 10.1. The minimum absolute atomic E-state index is 0.213. The number of esters is 1. The molecule has 1 aromatic heterocycles. The van der Waals surface area contributed by atoms with Crippen molar-refractivity contribution < 1.29 is 14.3 Å². The SMILES string of the molecule is O=C(COC(=O)c1c2c(nc3ccccc13)/C(=C/c1ccccc1)CC2)c1ccc2c(c1)-c1ccccc1C2. The number of carbonyl (C=O) groups excluding carboxylic acids is 2. The fourth-order valence-corrected chi connectivity index (χ4v) is 5.85. The van der Waals surface area contributed by atoms with Crippen LogP contribution in [0.5, 0.6) is 0 Å². The van der Waals surface area contributed by atoms with E-state index >= 15 is 0 Å². The number of ketones is 1. The van der Waals surface area contributed by atoms with E-state index in [0.29, 0.717) is 17.5 Å². The summed E-state index contributed by atoms with van der Waals surface area (Å²) in [6.07, 6.45) is 4.51. The van der Waals surface area contributed by atoms with E-state index in [1.165, 1.54) is 11.1 Å². The van der Waals surface area contributed by atoms with E-state index in [1.807, 2.05) is 72.8 Å². The topological polar surface area (TPSA) is 56.3 Å². The first-order valence-electron chi connectivity index (χ1n) is 13.2. The highest BCUT2D eigenvalue weighted by Gasteiger charge is 2.28. The number of ether oxygens (including phenoxy) is 1. The number of benzene rings is 4. The van der Waals surface area contributed by atoms with Gasteiger partial charge in [0, 0.05) is 10.9 Å². The Morgan fingerprint density at radius 1 is 0.795 bits per heavy atom. The number of hydrogen-bond donors (Lipinski definition) is 0. The van der Waals surface area contributed by atoms with Gasteiger partial charge in [-0.25, -0.2) is 9.78 Å². The Morgan fingerprint density at radius 2 is 1.56 bits per heavy atom. The number of Topliss-reactive ketones (excluding diaryl/α,β-unsaturated/α-hetero) is 1. The summed E-state index contributed by atoms with van der Waals surface area (Å²) >= 11 is 0. The number of hydrogen-bond acceptors (Lipinski definition) is 4. The predicted octanol–water partition coefficient (Wildman–Crippen LogP) is 7.33. The van der Waals surface area contributed by atoms with Gasteiger partial charge in [-0.1, -0.05) is 84.9 Å². The average Bonchev–Trinajstić information content (AvgIpc) is 3.55. The monoisotopic (exact) mass is 507 g/mol. The van der Waals surface area contributed by atoms with E-state index in [4.69, 9.17) is 9.72 Å². The second-order valence-electron chi connectivity index (χ2n) is 10.1. The number of allylic oxidation sites excluding steroid dienone is 1. The summed E-state index contributed by atoms with van der Waals surface area (Å²) in [4.78, 5) is 31.6. The molecule has 4 nitrogen and oxygen atoms in total. The largest absolute Gasteiger partial charge is 0.454 e. The summed E-state index contributed by atoms with van der Waals surface area (Å²) < 4.78 is 5.68. The van der Waals surface area contributed by atoms with Crippen LogP contribution in [0.15, 0.2) is 97.1 Å². The molecule has 7 rings (SSSR count).